The van der Waals surface area contributed by atoms with Gasteiger partial charge in [0.2, 0.25) is 0 Å². The van der Waals surface area contributed by atoms with Crippen molar-refractivity contribution in [2.75, 3.05) is 12.4 Å². The zero-order valence-electron chi connectivity index (χ0n) is 11.5. The SMILES string of the molecule is CCC(C)N(C)C(=O)Nc1ccc(C(C)O)cc1. The maximum Gasteiger partial charge on any atom is 0.321 e. The maximum atomic E-state index is 11.9. The van der Waals surface area contributed by atoms with Crippen molar-refractivity contribution in [3.05, 3.63) is 29.8 Å². The summed E-state index contributed by atoms with van der Waals surface area (Å²) in [6.45, 7) is 5.77. The fourth-order valence-corrected chi connectivity index (χ4v) is 1.53. The third-order valence-electron chi connectivity index (χ3n) is 3.22. The first kappa shape index (κ1) is 14.5. The monoisotopic (exact) mass is 250 g/mol. The number of nitrogens with one attached hydrogen (secondary N) is 1. The summed E-state index contributed by atoms with van der Waals surface area (Å²) in [7, 11) is 1.79. The summed E-state index contributed by atoms with van der Waals surface area (Å²) in [6, 6.07) is 7.30. The highest BCUT2D eigenvalue weighted by Gasteiger charge is 2.13. The van der Waals surface area contributed by atoms with Crippen molar-refractivity contribution in [2.45, 2.75) is 39.3 Å². The summed E-state index contributed by atoms with van der Waals surface area (Å²) in [6.07, 6.45) is 0.433. The van der Waals surface area contributed by atoms with E-state index in [1.165, 1.54) is 0 Å². The van der Waals surface area contributed by atoms with Gasteiger partial charge >= 0.3 is 6.03 Å². The average molecular weight is 250 g/mol. The van der Waals surface area contributed by atoms with Crippen molar-refractivity contribution in [2.24, 2.45) is 0 Å². The predicted molar refractivity (Wildman–Crippen MR) is 73.6 cm³/mol. The van der Waals surface area contributed by atoms with E-state index in [1.54, 1.807) is 31.0 Å². The molecule has 0 spiro atoms. The molecule has 0 radical (unpaired) electrons. The van der Waals surface area contributed by atoms with Crippen LogP contribution < -0.4 is 5.32 Å². The van der Waals surface area contributed by atoms with Crippen LogP contribution in [0.3, 0.4) is 0 Å². The first-order valence-electron chi connectivity index (χ1n) is 6.27. The Labute approximate surface area is 109 Å². The molecular formula is C14H22N2O2. The molecule has 0 bridgehead atoms. The Morgan fingerprint density at radius 3 is 2.33 bits per heavy atom. The van der Waals surface area contributed by atoms with Gasteiger partial charge in [0.05, 0.1) is 6.10 Å². The Bertz CT molecular complexity index is 387. The first-order valence-corrected chi connectivity index (χ1v) is 6.27. The van der Waals surface area contributed by atoms with Gasteiger partial charge in [-0.3, -0.25) is 0 Å². The topological polar surface area (TPSA) is 52.6 Å². The molecule has 2 atom stereocenters. The highest BCUT2D eigenvalue weighted by Crippen LogP contribution is 2.16. The van der Waals surface area contributed by atoms with Gasteiger partial charge in [-0.2, -0.15) is 0 Å². The second kappa shape index (κ2) is 6.40. The summed E-state index contributed by atoms with van der Waals surface area (Å²) in [5, 5.41) is 12.2. The summed E-state index contributed by atoms with van der Waals surface area (Å²) in [4.78, 5) is 13.6. The summed E-state index contributed by atoms with van der Waals surface area (Å²) in [5.41, 5.74) is 1.57. The molecule has 100 valence electrons. The molecule has 2 unspecified atom stereocenters. The van der Waals surface area contributed by atoms with Crippen LogP contribution in [0.5, 0.6) is 0 Å². The van der Waals surface area contributed by atoms with Crippen molar-refractivity contribution >= 4 is 11.7 Å². The lowest BCUT2D eigenvalue weighted by molar-refractivity contribution is 0.199. The van der Waals surface area contributed by atoms with Crippen LogP contribution >= 0.6 is 0 Å². The molecule has 2 N–H and O–H groups in total. The summed E-state index contributed by atoms with van der Waals surface area (Å²) in [5.74, 6) is 0. The number of urea groups is 1. The number of aliphatic hydroxyl groups is 1. The molecule has 0 aliphatic carbocycles. The fourth-order valence-electron chi connectivity index (χ4n) is 1.53. The molecule has 1 rings (SSSR count). The van der Waals surface area contributed by atoms with Crippen LogP contribution in [0.2, 0.25) is 0 Å². The number of aliphatic hydroxyl groups excluding tert-OH is 1. The summed E-state index contributed by atoms with van der Waals surface area (Å²) >= 11 is 0. The number of rotatable bonds is 4. The van der Waals surface area contributed by atoms with Gasteiger partial charge in [-0.05, 0) is 38.0 Å². The van der Waals surface area contributed by atoms with Gasteiger partial charge in [0.1, 0.15) is 0 Å². The van der Waals surface area contributed by atoms with E-state index in [0.717, 1.165) is 17.7 Å². The van der Waals surface area contributed by atoms with Crippen molar-refractivity contribution in [1.29, 1.82) is 0 Å². The third-order valence-corrected chi connectivity index (χ3v) is 3.22. The second-order valence-corrected chi connectivity index (χ2v) is 4.60. The minimum Gasteiger partial charge on any atom is -0.389 e. The van der Waals surface area contributed by atoms with Gasteiger partial charge in [0.15, 0.2) is 0 Å². The number of hydrogen-bond acceptors (Lipinski definition) is 2. The molecule has 1 aromatic carbocycles. The van der Waals surface area contributed by atoms with E-state index in [2.05, 4.69) is 5.32 Å². The number of nitrogens with zero attached hydrogens (tertiary/aromatic N) is 1. The van der Waals surface area contributed by atoms with Crippen LogP contribution in [-0.2, 0) is 0 Å². The third kappa shape index (κ3) is 3.74. The fraction of sp³-hybridized carbons (Fsp3) is 0.500. The van der Waals surface area contributed by atoms with E-state index in [9.17, 15) is 9.90 Å². The van der Waals surface area contributed by atoms with Gasteiger partial charge in [-0.15, -0.1) is 0 Å². The van der Waals surface area contributed by atoms with Gasteiger partial charge in [0, 0.05) is 18.8 Å². The second-order valence-electron chi connectivity index (χ2n) is 4.60. The lowest BCUT2D eigenvalue weighted by Crippen LogP contribution is -2.37. The maximum absolute atomic E-state index is 11.9. The molecule has 18 heavy (non-hydrogen) atoms. The minimum absolute atomic E-state index is 0.117. The normalized spacial score (nSPS) is 13.8. The molecule has 4 nitrogen and oxygen atoms in total. The molecule has 0 saturated heterocycles. The van der Waals surface area contributed by atoms with Gasteiger partial charge < -0.3 is 15.3 Å². The predicted octanol–water partition coefficient (Wildman–Crippen LogP) is 3.00. The molecule has 1 aromatic rings. The van der Waals surface area contributed by atoms with Crippen LogP contribution in [0.1, 0.15) is 38.9 Å². The first-order chi connectivity index (χ1) is 8.45. The zero-order valence-corrected chi connectivity index (χ0v) is 11.5. The summed E-state index contributed by atoms with van der Waals surface area (Å²) < 4.78 is 0. The Balaban J connectivity index is 2.65. The standard InChI is InChI=1S/C14H22N2O2/c1-5-10(2)16(4)14(18)15-13-8-6-12(7-9-13)11(3)17/h6-11,17H,5H2,1-4H3,(H,15,18). The molecule has 0 aromatic heterocycles. The Hall–Kier alpha value is -1.55. The van der Waals surface area contributed by atoms with Crippen molar-refractivity contribution in [3.63, 3.8) is 0 Å². The molecule has 0 aliphatic heterocycles. The number of anilines is 1. The molecule has 0 fully saturated rings. The molecule has 0 heterocycles. The van der Waals surface area contributed by atoms with Crippen molar-refractivity contribution < 1.29 is 9.90 Å². The highest BCUT2D eigenvalue weighted by molar-refractivity contribution is 5.89. The van der Waals surface area contributed by atoms with Crippen LogP contribution in [0.25, 0.3) is 0 Å². The van der Waals surface area contributed by atoms with Gasteiger partial charge in [-0.1, -0.05) is 19.1 Å². The molecule has 2 amide bonds. The van der Waals surface area contributed by atoms with E-state index in [0.29, 0.717) is 0 Å². The van der Waals surface area contributed by atoms with Crippen LogP contribution in [0.15, 0.2) is 24.3 Å². The van der Waals surface area contributed by atoms with E-state index in [-0.39, 0.29) is 12.1 Å². The highest BCUT2D eigenvalue weighted by atomic mass is 16.3. The van der Waals surface area contributed by atoms with E-state index >= 15 is 0 Å². The van der Waals surface area contributed by atoms with Crippen molar-refractivity contribution in [1.82, 2.24) is 4.90 Å². The number of hydrogen-bond donors (Lipinski definition) is 2. The Morgan fingerprint density at radius 1 is 1.33 bits per heavy atom. The van der Waals surface area contributed by atoms with Gasteiger partial charge in [0.25, 0.3) is 0 Å². The largest absolute Gasteiger partial charge is 0.389 e. The average Bonchev–Trinajstić information content (AvgIpc) is 2.37. The van der Waals surface area contributed by atoms with E-state index in [1.807, 2.05) is 26.0 Å². The smallest absolute Gasteiger partial charge is 0.321 e. The number of carbonyl (C=O) groups is 1. The molecule has 0 aliphatic rings. The van der Waals surface area contributed by atoms with Gasteiger partial charge in [-0.25, -0.2) is 4.79 Å². The van der Waals surface area contributed by atoms with Crippen LogP contribution in [-0.4, -0.2) is 29.1 Å². The Kier molecular flexibility index (Phi) is 5.16. The molecule has 4 heteroatoms. The molecular weight excluding hydrogens is 228 g/mol. The lowest BCUT2D eigenvalue weighted by atomic mass is 10.1. The zero-order chi connectivity index (χ0) is 13.7. The number of amides is 2. The Morgan fingerprint density at radius 2 is 1.89 bits per heavy atom. The van der Waals surface area contributed by atoms with Crippen LogP contribution in [0.4, 0.5) is 10.5 Å². The molecule has 0 saturated carbocycles. The van der Waals surface area contributed by atoms with Crippen LogP contribution in [0, 0.1) is 0 Å². The number of carbonyl (C=O) groups excluding carboxylic acids is 1. The quantitative estimate of drug-likeness (QED) is 0.863. The van der Waals surface area contributed by atoms with E-state index < -0.39 is 6.10 Å². The van der Waals surface area contributed by atoms with Crippen molar-refractivity contribution in [3.8, 4) is 0 Å². The number of benzene rings is 1. The lowest BCUT2D eigenvalue weighted by Gasteiger charge is -2.24. The van der Waals surface area contributed by atoms with E-state index in [4.69, 9.17) is 0 Å². The minimum atomic E-state index is -0.488.